The van der Waals surface area contributed by atoms with Crippen LogP contribution in [0.4, 0.5) is 0 Å². The first-order chi connectivity index (χ1) is 12.3. The van der Waals surface area contributed by atoms with Crippen molar-refractivity contribution in [1.82, 2.24) is 0 Å². The van der Waals surface area contributed by atoms with Gasteiger partial charge in [-0.15, -0.1) is 0 Å². The van der Waals surface area contributed by atoms with Crippen molar-refractivity contribution in [3.63, 3.8) is 0 Å². The number of benzene rings is 2. The maximum atomic E-state index is 11.6. The van der Waals surface area contributed by atoms with E-state index in [1.165, 1.54) is 6.07 Å². The quantitative estimate of drug-likeness (QED) is 0.541. The average molecular weight is 381 g/mol. The SMILES string of the molecule is COc1ccccc1OCC[NH2+]C[C@H](O)c1ccc(C)c(S(N)(=O)=O)c1. The molecule has 0 radical (unpaired) electrons. The largest absolute Gasteiger partial charge is 0.493 e. The monoisotopic (exact) mass is 381 g/mol. The maximum Gasteiger partial charge on any atom is 0.238 e. The standard InChI is InChI=1S/C18H24N2O5S/c1-13-7-8-14(11-18(13)26(19,22)23)15(21)12-20-9-10-25-17-6-4-3-5-16(17)24-2/h3-8,11,15,20-21H,9-10,12H2,1-2H3,(H2,19,22,23)/p+1/t15-/m0/s1. The molecule has 0 heterocycles. The predicted octanol–water partition coefficient (Wildman–Crippen LogP) is 0.327. The van der Waals surface area contributed by atoms with E-state index in [-0.39, 0.29) is 4.90 Å². The molecule has 0 aliphatic carbocycles. The minimum atomic E-state index is -3.81. The molecule has 0 bridgehead atoms. The smallest absolute Gasteiger partial charge is 0.238 e. The minimum absolute atomic E-state index is 0.0357. The zero-order valence-electron chi connectivity index (χ0n) is 14.9. The first-order valence-corrected chi connectivity index (χ1v) is 9.76. The topological polar surface area (TPSA) is 115 Å². The molecule has 0 aliphatic heterocycles. The first-order valence-electron chi connectivity index (χ1n) is 8.22. The molecule has 0 saturated heterocycles. The zero-order chi connectivity index (χ0) is 19.2. The number of hydrogen-bond donors (Lipinski definition) is 3. The highest BCUT2D eigenvalue weighted by Crippen LogP contribution is 2.25. The van der Waals surface area contributed by atoms with Gasteiger partial charge in [0, 0.05) is 0 Å². The van der Waals surface area contributed by atoms with E-state index in [1.807, 2.05) is 29.6 Å². The van der Waals surface area contributed by atoms with E-state index >= 15 is 0 Å². The van der Waals surface area contributed by atoms with Crippen molar-refractivity contribution in [2.75, 3.05) is 26.8 Å². The summed E-state index contributed by atoms with van der Waals surface area (Å²) in [4.78, 5) is 0.0357. The lowest BCUT2D eigenvalue weighted by molar-refractivity contribution is -0.662. The number of methoxy groups -OCH3 is 1. The highest BCUT2D eigenvalue weighted by atomic mass is 32.2. The van der Waals surface area contributed by atoms with Crippen LogP contribution in [0.5, 0.6) is 11.5 Å². The Morgan fingerprint density at radius 1 is 1.19 bits per heavy atom. The number of para-hydroxylation sites is 2. The fourth-order valence-electron chi connectivity index (χ4n) is 2.53. The lowest BCUT2D eigenvalue weighted by Gasteiger charge is -2.13. The molecular formula is C18H25N2O5S+. The van der Waals surface area contributed by atoms with Gasteiger partial charge in [-0.25, -0.2) is 13.6 Å². The number of rotatable bonds is 9. The van der Waals surface area contributed by atoms with Crippen LogP contribution in [-0.4, -0.2) is 40.3 Å². The van der Waals surface area contributed by atoms with Gasteiger partial charge in [0.05, 0.1) is 12.0 Å². The molecule has 2 aromatic carbocycles. The second-order valence-corrected chi connectivity index (χ2v) is 7.43. The lowest BCUT2D eigenvalue weighted by Crippen LogP contribution is -2.86. The Balaban J connectivity index is 1.85. The minimum Gasteiger partial charge on any atom is -0.493 e. The Morgan fingerprint density at radius 2 is 1.88 bits per heavy atom. The molecule has 0 aromatic heterocycles. The summed E-state index contributed by atoms with van der Waals surface area (Å²) in [6, 6.07) is 12.2. The molecule has 5 N–H and O–H groups in total. The van der Waals surface area contributed by atoms with Gasteiger partial charge in [0.2, 0.25) is 10.0 Å². The summed E-state index contributed by atoms with van der Waals surface area (Å²) in [6.07, 6.45) is -0.803. The van der Waals surface area contributed by atoms with Crippen LogP contribution in [-0.2, 0) is 10.0 Å². The van der Waals surface area contributed by atoms with Crippen LogP contribution < -0.4 is 19.9 Å². The molecule has 0 saturated carbocycles. The number of hydrogen-bond acceptors (Lipinski definition) is 5. The number of aryl methyl sites for hydroxylation is 1. The van der Waals surface area contributed by atoms with Gasteiger partial charge in [-0.05, 0) is 36.2 Å². The van der Waals surface area contributed by atoms with Crippen LogP contribution in [0.25, 0.3) is 0 Å². The van der Waals surface area contributed by atoms with Crippen LogP contribution >= 0.6 is 0 Å². The van der Waals surface area contributed by atoms with Crippen LogP contribution in [0.1, 0.15) is 17.2 Å². The average Bonchev–Trinajstić information content (AvgIpc) is 2.61. The van der Waals surface area contributed by atoms with E-state index in [9.17, 15) is 13.5 Å². The molecule has 2 aromatic rings. The van der Waals surface area contributed by atoms with Gasteiger partial charge in [-0.1, -0.05) is 24.3 Å². The number of primary sulfonamides is 1. The predicted molar refractivity (Wildman–Crippen MR) is 97.7 cm³/mol. The number of sulfonamides is 1. The number of aliphatic hydroxyl groups excluding tert-OH is 1. The Hall–Kier alpha value is -2.13. The Labute approximate surface area is 153 Å². The summed E-state index contributed by atoms with van der Waals surface area (Å²) < 4.78 is 34.0. The molecule has 0 aliphatic rings. The first kappa shape index (κ1) is 20.2. The van der Waals surface area contributed by atoms with E-state index < -0.39 is 16.1 Å². The number of aliphatic hydroxyl groups is 1. The second-order valence-electron chi connectivity index (χ2n) is 5.90. The van der Waals surface area contributed by atoms with Crippen molar-refractivity contribution in [2.45, 2.75) is 17.9 Å². The molecule has 0 spiro atoms. The van der Waals surface area contributed by atoms with E-state index in [2.05, 4.69) is 0 Å². The summed E-state index contributed by atoms with van der Waals surface area (Å²) in [5.74, 6) is 1.34. The van der Waals surface area contributed by atoms with Crippen LogP contribution in [0, 0.1) is 6.92 Å². The Bertz CT molecular complexity index is 839. The van der Waals surface area contributed by atoms with Crippen molar-refractivity contribution in [3.05, 3.63) is 53.6 Å². The third kappa shape index (κ3) is 5.43. The molecule has 8 heteroatoms. The van der Waals surface area contributed by atoms with Crippen molar-refractivity contribution < 1.29 is 28.3 Å². The van der Waals surface area contributed by atoms with Crippen LogP contribution in [0.3, 0.4) is 0 Å². The Kier molecular flexibility index (Phi) is 6.98. The summed E-state index contributed by atoms with van der Waals surface area (Å²) in [7, 11) is -2.22. The fraction of sp³-hybridized carbons (Fsp3) is 0.333. The van der Waals surface area contributed by atoms with Gasteiger partial charge >= 0.3 is 0 Å². The van der Waals surface area contributed by atoms with Crippen molar-refractivity contribution in [3.8, 4) is 11.5 Å². The molecule has 1 atom stereocenters. The van der Waals surface area contributed by atoms with E-state index in [4.69, 9.17) is 14.6 Å². The van der Waals surface area contributed by atoms with Gasteiger partial charge in [0.25, 0.3) is 0 Å². The second kappa shape index (κ2) is 9.00. The molecule has 2 rings (SSSR count). The van der Waals surface area contributed by atoms with Gasteiger partial charge in [0.1, 0.15) is 25.8 Å². The molecule has 0 fully saturated rings. The number of quaternary nitrogens is 1. The van der Waals surface area contributed by atoms with Crippen molar-refractivity contribution in [1.29, 1.82) is 0 Å². The van der Waals surface area contributed by atoms with E-state index in [1.54, 1.807) is 26.2 Å². The highest BCUT2D eigenvalue weighted by Gasteiger charge is 2.16. The van der Waals surface area contributed by atoms with Crippen LogP contribution in [0.2, 0.25) is 0 Å². The molecule has 0 unspecified atom stereocenters. The van der Waals surface area contributed by atoms with Crippen molar-refractivity contribution >= 4 is 10.0 Å². The van der Waals surface area contributed by atoms with E-state index in [0.717, 1.165) is 0 Å². The summed E-state index contributed by atoms with van der Waals surface area (Å²) in [5.41, 5.74) is 1.07. The van der Waals surface area contributed by atoms with Gasteiger partial charge in [0.15, 0.2) is 11.5 Å². The van der Waals surface area contributed by atoms with Crippen LogP contribution in [0.15, 0.2) is 47.4 Å². The van der Waals surface area contributed by atoms with Gasteiger partial charge in [-0.2, -0.15) is 0 Å². The maximum absolute atomic E-state index is 11.6. The highest BCUT2D eigenvalue weighted by molar-refractivity contribution is 7.89. The normalized spacial score (nSPS) is 12.6. The molecule has 26 heavy (non-hydrogen) atoms. The lowest BCUT2D eigenvalue weighted by atomic mass is 10.1. The third-order valence-corrected chi connectivity index (χ3v) is 4.99. The van der Waals surface area contributed by atoms with Gasteiger partial charge < -0.3 is 19.9 Å². The third-order valence-electron chi connectivity index (χ3n) is 3.94. The Morgan fingerprint density at radius 3 is 2.54 bits per heavy atom. The molecular weight excluding hydrogens is 356 g/mol. The summed E-state index contributed by atoms with van der Waals surface area (Å²) in [6.45, 7) is 3.12. The van der Waals surface area contributed by atoms with Gasteiger partial charge in [-0.3, -0.25) is 0 Å². The molecule has 7 nitrogen and oxygen atoms in total. The van der Waals surface area contributed by atoms with E-state index in [0.29, 0.717) is 42.3 Å². The molecule has 142 valence electrons. The summed E-state index contributed by atoms with van der Waals surface area (Å²) in [5, 5.41) is 17.4. The summed E-state index contributed by atoms with van der Waals surface area (Å²) >= 11 is 0. The zero-order valence-corrected chi connectivity index (χ0v) is 15.7. The number of nitrogens with two attached hydrogens (primary N) is 2. The number of ether oxygens (including phenoxy) is 2. The fourth-order valence-corrected chi connectivity index (χ4v) is 3.35. The van der Waals surface area contributed by atoms with Crippen molar-refractivity contribution in [2.24, 2.45) is 5.14 Å². The molecule has 0 amide bonds.